The molecule has 2 unspecified atom stereocenters. The van der Waals surface area contributed by atoms with Crippen LogP contribution in [0.25, 0.3) is 22.2 Å². The van der Waals surface area contributed by atoms with E-state index in [1.54, 1.807) is 0 Å². The van der Waals surface area contributed by atoms with Gasteiger partial charge in [-0.05, 0) is 36.1 Å². The van der Waals surface area contributed by atoms with Crippen molar-refractivity contribution in [3.63, 3.8) is 0 Å². The van der Waals surface area contributed by atoms with Gasteiger partial charge in [0.25, 0.3) is 0 Å². The van der Waals surface area contributed by atoms with Gasteiger partial charge in [-0.2, -0.15) is 4.98 Å². The van der Waals surface area contributed by atoms with Crippen LogP contribution < -0.4 is 5.32 Å². The molecule has 1 aromatic heterocycles. The predicted molar refractivity (Wildman–Crippen MR) is 86.4 cm³/mol. The first-order chi connectivity index (χ1) is 10.8. The molecule has 22 heavy (non-hydrogen) atoms. The molecule has 1 saturated heterocycles. The number of hydrogen-bond acceptors (Lipinski definition) is 4. The Morgan fingerprint density at radius 3 is 2.91 bits per heavy atom. The molecule has 112 valence electrons. The number of hydrogen-bond donors (Lipinski definition) is 1. The van der Waals surface area contributed by atoms with E-state index in [1.807, 2.05) is 24.3 Å². The van der Waals surface area contributed by atoms with Crippen molar-refractivity contribution in [3.8, 4) is 11.4 Å². The summed E-state index contributed by atoms with van der Waals surface area (Å²) in [4.78, 5) is 4.65. The molecule has 1 N–H and O–H groups in total. The van der Waals surface area contributed by atoms with Crippen LogP contribution in [0.1, 0.15) is 31.7 Å². The van der Waals surface area contributed by atoms with E-state index < -0.39 is 0 Å². The summed E-state index contributed by atoms with van der Waals surface area (Å²) in [5.74, 6) is 2.07. The van der Waals surface area contributed by atoms with Gasteiger partial charge < -0.3 is 9.84 Å². The lowest BCUT2D eigenvalue weighted by Crippen LogP contribution is -2.30. The number of fused-ring (bicyclic) bond motifs is 1. The smallest absolute Gasteiger partial charge is 0.244 e. The molecule has 0 bridgehead atoms. The average molecular weight is 293 g/mol. The molecule has 1 fully saturated rings. The Labute approximate surface area is 129 Å². The molecule has 4 rings (SSSR count). The predicted octanol–water partition coefficient (Wildman–Crippen LogP) is 3.95. The number of nitrogens with one attached hydrogen (secondary N) is 1. The van der Waals surface area contributed by atoms with E-state index in [4.69, 9.17) is 4.52 Å². The second-order valence-electron chi connectivity index (χ2n) is 6.12. The van der Waals surface area contributed by atoms with Crippen LogP contribution in [0.15, 0.2) is 47.0 Å². The topological polar surface area (TPSA) is 51.0 Å². The van der Waals surface area contributed by atoms with Crippen molar-refractivity contribution in [2.75, 3.05) is 6.54 Å². The van der Waals surface area contributed by atoms with E-state index in [2.05, 4.69) is 40.6 Å². The highest BCUT2D eigenvalue weighted by molar-refractivity contribution is 5.94. The highest BCUT2D eigenvalue weighted by Gasteiger charge is 2.25. The molecule has 4 nitrogen and oxygen atoms in total. The lowest BCUT2D eigenvalue weighted by Gasteiger charge is -2.25. The molecule has 2 atom stereocenters. The van der Waals surface area contributed by atoms with Crippen LogP contribution in [0.4, 0.5) is 0 Å². The Morgan fingerprint density at radius 2 is 2.00 bits per heavy atom. The van der Waals surface area contributed by atoms with Gasteiger partial charge in [-0.25, -0.2) is 0 Å². The van der Waals surface area contributed by atoms with Crippen molar-refractivity contribution in [2.24, 2.45) is 5.92 Å². The van der Waals surface area contributed by atoms with Crippen molar-refractivity contribution >= 4 is 10.8 Å². The molecule has 0 spiro atoms. The highest BCUT2D eigenvalue weighted by atomic mass is 16.5. The summed E-state index contributed by atoms with van der Waals surface area (Å²) in [6.45, 7) is 3.29. The molecule has 2 heterocycles. The molecular formula is C18H19N3O. The number of aromatic nitrogens is 2. The van der Waals surface area contributed by atoms with Gasteiger partial charge in [0.2, 0.25) is 11.7 Å². The third-order valence-corrected chi connectivity index (χ3v) is 4.44. The van der Waals surface area contributed by atoms with Gasteiger partial charge in [-0.3, -0.25) is 0 Å². The molecular weight excluding hydrogens is 274 g/mol. The third-order valence-electron chi connectivity index (χ3n) is 4.44. The van der Waals surface area contributed by atoms with E-state index >= 15 is 0 Å². The zero-order chi connectivity index (χ0) is 14.9. The van der Waals surface area contributed by atoms with E-state index in [0.717, 1.165) is 23.9 Å². The average Bonchev–Trinajstić information content (AvgIpc) is 3.04. The first-order valence-corrected chi connectivity index (χ1v) is 7.86. The van der Waals surface area contributed by atoms with Gasteiger partial charge in [0.1, 0.15) is 0 Å². The van der Waals surface area contributed by atoms with Crippen LogP contribution in [0.5, 0.6) is 0 Å². The van der Waals surface area contributed by atoms with Gasteiger partial charge in [0, 0.05) is 5.56 Å². The second kappa shape index (κ2) is 5.54. The second-order valence-corrected chi connectivity index (χ2v) is 6.12. The zero-order valence-corrected chi connectivity index (χ0v) is 12.6. The SMILES string of the molecule is CC1CCNC(c2nc(-c3cccc4ccccc34)no2)C1. The van der Waals surface area contributed by atoms with Crippen molar-refractivity contribution in [3.05, 3.63) is 48.4 Å². The molecule has 0 saturated carbocycles. The largest absolute Gasteiger partial charge is 0.337 e. The van der Waals surface area contributed by atoms with Crippen molar-refractivity contribution in [1.29, 1.82) is 0 Å². The number of piperidine rings is 1. The number of benzene rings is 2. The monoisotopic (exact) mass is 293 g/mol. The summed E-state index contributed by atoms with van der Waals surface area (Å²) < 4.78 is 5.53. The standard InChI is InChI=1S/C18H19N3O/c1-12-9-10-19-16(11-12)18-20-17(21-22-18)15-8-4-6-13-5-2-3-7-14(13)15/h2-8,12,16,19H,9-11H2,1H3. The van der Waals surface area contributed by atoms with E-state index in [1.165, 1.54) is 11.8 Å². The summed E-state index contributed by atoms with van der Waals surface area (Å²) in [7, 11) is 0. The highest BCUT2D eigenvalue weighted by Crippen LogP contribution is 2.30. The van der Waals surface area contributed by atoms with Crippen molar-refractivity contribution in [2.45, 2.75) is 25.8 Å². The Hall–Kier alpha value is -2.20. The van der Waals surface area contributed by atoms with Crippen LogP contribution in [-0.4, -0.2) is 16.7 Å². The number of rotatable bonds is 2. The molecule has 4 heteroatoms. The van der Waals surface area contributed by atoms with Crippen LogP contribution in [0, 0.1) is 5.92 Å². The summed E-state index contributed by atoms with van der Waals surface area (Å²) in [6.07, 6.45) is 2.26. The van der Waals surface area contributed by atoms with Crippen molar-refractivity contribution < 1.29 is 4.52 Å². The molecule has 3 aromatic rings. The maximum atomic E-state index is 5.53. The Bertz CT molecular complexity index is 790. The Morgan fingerprint density at radius 1 is 1.14 bits per heavy atom. The summed E-state index contributed by atoms with van der Waals surface area (Å²) in [6, 6.07) is 14.6. The Kier molecular flexibility index (Phi) is 3.39. The third kappa shape index (κ3) is 2.40. The molecule has 1 aliphatic rings. The zero-order valence-electron chi connectivity index (χ0n) is 12.6. The summed E-state index contributed by atoms with van der Waals surface area (Å²) >= 11 is 0. The van der Waals surface area contributed by atoms with Crippen LogP contribution in [0.2, 0.25) is 0 Å². The minimum atomic E-state index is 0.181. The summed E-state index contributed by atoms with van der Waals surface area (Å²) in [5.41, 5.74) is 1.02. The molecule has 2 aromatic carbocycles. The van der Waals surface area contributed by atoms with Crippen LogP contribution >= 0.6 is 0 Å². The molecule has 1 aliphatic heterocycles. The lowest BCUT2D eigenvalue weighted by atomic mass is 9.94. The maximum Gasteiger partial charge on any atom is 0.244 e. The normalized spacial score (nSPS) is 22.0. The number of nitrogens with zero attached hydrogens (tertiary/aromatic N) is 2. The van der Waals surface area contributed by atoms with E-state index in [0.29, 0.717) is 17.6 Å². The molecule has 0 aliphatic carbocycles. The fourth-order valence-corrected chi connectivity index (χ4v) is 3.20. The fourth-order valence-electron chi connectivity index (χ4n) is 3.20. The minimum absolute atomic E-state index is 0.181. The van der Waals surface area contributed by atoms with Crippen LogP contribution in [-0.2, 0) is 0 Å². The van der Waals surface area contributed by atoms with Gasteiger partial charge in [0.15, 0.2) is 0 Å². The quantitative estimate of drug-likeness (QED) is 0.777. The fraction of sp³-hybridized carbons (Fsp3) is 0.333. The van der Waals surface area contributed by atoms with Gasteiger partial charge in [-0.15, -0.1) is 0 Å². The summed E-state index contributed by atoms with van der Waals surface area (Å²) in [5, 5.41) is 10.0. The lowest BCUT2D eigenvalue weighted by molar-refractivity contribution is 0.260. The van der Waals surface area contributed by atoms with E-state index in [-0.39, 0.29) is 6.04 Å². The van der Waals surface area contributed by atoms with Gasteiger partial charge in [-0.1, -0.05) is 54.5 Å². The maximum absolute atomic E-state index is 5.53. The van der Waals surface area contributed by atoms with Crippen LogP contribution in [0.3, 0.4) is 0 Å². The molecule has 0 radical (unpaired) electrons. The van der Waals surface area contributed by atoms with Crippen molar-refractivity contribution in [1.82, 2.24) is 15.5 Å². The first kappa shape index (κ1) is 13.5. The first-order valence-electron chi connectivity index (χ1n) is 7.86. The Balaban J connectivity index is 1.71. The van der Waals surface area contributed by atoms with Gasteiger partial charge in [0.05, 0.1) is 6.04 Å². The molecule has 0 amide bonds. The van der Waals surface area contributed by atoms with Gasteiger partial charge >= 0.3 is 0 Å². The minimum Gasteiger partial charge on any atom is -0.337 e. The van der Waals surface area contributed by atoms with E-state index in [9.17, 15) is 0 Å².